The smallest absolute Gasteiger partial charge is 0.456 e. The molecule has 0 saturated carbocycles. The maximum absolute atomic E-state index is 12.2. The number of rotatable bonds is 5. The lowest BCUT2D eigenvalue weighted by molar-refractivity contribution is -0.264. The van der Waals surface area contributed by atoms with Crippen LogP contribution in [0.4, 0.5) is 8.78 Å². The predicted octanol–water partition coefficient (Wildman–Crippen LogP) is 0.715. The highest BCUT2D eigenvalue weighted by Crippen LogP contribution is 2.17. The van der Waals surface area contributed by atoms with Crippen LogP contribution in [-0.4, -0.2) is 37.0 Å². The Bertz CT molecular complexity index is 160. The van der Waals surface area contributed by atoms with Gasteiger partial charge in [-0.1, -0.05) is 0 Å². The highest BCUT2D eigenvalue weighted by Gasteiger charge is 2.42. The van der Waals surface area contributed by atoms with Crippen LogP contribution in [0.2, 0.25) is 0 Å². The third-order valence-electron chi connectivity index (χ3n) is 1.000. The number of halogens is 2. The summed E-state index contributed by atoms with van der Waals surface area (Å²) in [6, 6.07) is 0. The number of aliphatic carboxylic acids is 1. The molecule has 6 heteroatoms. The van der Waals surface area contributed by atoms with Gasteiger partial charge in [0.05, 0.1) is 12.7 Å². The van der Waals surface area contributed by atoms with Gasteiger partial charge in [-0.2, -0.15) is 8.78 Å². The molecular weight excluding hydrogens is 174 g/mol. The third-order valence-corrected chi connectivity index (χ3v) is 1.000. The van der Waals surface area contributed by atoms with E-state index in [4.69, 9.17) is 5.11 Å². The van der Waals surface area contributed by atoms with E-state index in [0.29, 0.717) is 0 Å². The van der Waals surface area contributed by atoms with Crippen molar-refractivity contribution in [2.24, 2.45) is 0 Å². The van der Waals surface area contributed by atoms with Gasteiger partial charge in [-0.25, -0.2) is 4.79 Å². The summed E-state index contributed by atoms with van der Waals surface area (Å²) in [6.07, 6.45) is -5.10. The monoisotopic (exact) mass is 184 g/mol. The Morgan fingerprint density at radius 1 is 1.67 bits per heavy atom. The number of hydrogen-bond acceptors (Lipinski definition) is 3. The van der Waals surface area contributed by atoms with E-state index in [2.05, 4.69) is 9.47 Å². The van der Waals surface area contributed by atoms with Crippen molar-refractivity contribution in [3.63, 3.8) is 0 Å². The first-order chi connectivity index (χ1) is 5.40. The lowest BCUT2D eigenvalue weighted by Crippen LogP contribution is -2.36. The van der Waals surface area contributed by atoms with Gasteiger partial charge in [0.25, 0.3) is 0 Å². The quantitative estimate of drug-likeness (QED) is 0.683. The summed E-state index contributed by atoms with van der Waals surface area (Å²) in [6.45, 7) is 1.21. The van der Waals surface area contributed by atoms with Crippen molar-refractivity contribution >= 4 is 5.97 Å². The Labute approximate surface area is 68.1 Å². The van der Waals surface area contributed by atoms with Crippen LogP contribution in [0.25, 0.3) is 0 Å². The molecule has 0 rings (SSSR count). The second kappa shape index (κ2) is 4.32. The topological polar surface area (TPSA) is 55.8 Å². The average Bonchev–Trinajstić information content (AvgIpc) is 1.85. The molecule has 0 aliphatic carbocycles. The predicted molar refractivity (Wildman–Crippen MR) is 35.0 cm³/mol. The highest BCUT2D eigenvalue weighted by molar-refractivity contribution is 5.73. The van der Waals surface area contributed by atoms with Gasteiger partial charge in [0.15, 0.2) is 0 Å². The minimum atomic E-state index is -4.14. The van der Waals surface area contributed by atoms with Crippen molar-refractivity contribution in [1.82, 2.24) is 0 Å². The summed E-state index contributed by atoms with van der Waals surface area (Å²) in [5.74, 6) is -2.30. The van der Waals surface area contributed by atoms with Gasteiger partial charge in [-0.15, -0.1) is 0 Å². The minimum absolute atomic E-state index is 0.0805. The normalized spacial score (nSPS) is 14.3. The molecule has 0 saturated heterocycles. The van der Waals surface area contributed by atoms with Gasteiger partial charge in [-0.05, 0) is 6.92 Å². The summed E-state index contributed by atoms with van der Waals surface area (Å²) in [7, 11) is 1.30. The fourth-order valence-corrected chi connectivity index (χ4v) is 0.572. The van der Waals surface area contributed by atoms with Crippen LogP contribution < -0.4 is 0 Å². The van der Waals surface area contributed by atoms with Crippen LogP contribution >= 0.6 is 0 Å². The Balaban J connectivity index is 3.96. The van der Waals surface area contributed by atoms with E-state index in [-0.39, 0.29) is 6.61 Å². The van der Waals surface area contributed by atoms with E-state index in [1.807, 2.05) is 0 Å². The molecule has 0 heterocycles. The molecule has 72 valence electrons. The second-order valence-corrected chi connectivity index (χ2v) is 2.21. The number of ether oxygens (including phenoxy) is 2. The largest absolute Gasteiger partial charge is 0.475 e. The Morgan fingerprint density at radius 3 is 2.50 bits per heavy atom. The van der Waals surface area contributed by atoms with E-state index >= 15 is 0 Å². The zero-order valence-electron chi connectivity index (χ0n) is 6.71. The number of carboxylic acid groups (broad SMARTS) is 1. The molecule has 0 bridgehead atoms. The molecule has 12 heavy (non-hydrogen) atoms. The van der Waals surface area contributed by atoms with Gasteiger partial charge < -0.3 is 14.6 Å². The Hall–Kier alpha value is -0.750. The van der Waals surface area contributed by atoms with Gasteiger partial charge in [-0.3, -0.25) is 0 Å². The molecule has 0 radical (unpaired) electrons. The molecule has 1 N–H and O–H groups in total. The summed E-state index contributed by atoms with van der Waals surface area (Å²) in [5.41, 5.74) is 0. The molecular formula is C6H10F2O4. The number of methoxy groups -OCH3 is 1. The first-order valence-corrected chi connectivity index (χ1v) is 3.18. The molecule has 0 fully saturated rings. The first kappa shape index (κ1) is 11.2. The van der Waals surface area contributed by atoms with E-state index in [0.717, 1.165) is 0 Å². The van der Waals surface area contributed by atoms with E-state index < -0.39 is 18.2 Å². The molecule has 1 unspecified atom stereocenters. The molecule has 0 aliphatic heterocycles. The molecule has 0 aromatic heterocycles. The van der Waals surface area contributed by atoms with Crippen LogP contribution in [0, 0.1) is 0 Å². The lowest BCUT2D eigenvalue weighted by Gasteiger charge is -2.17. The van der Waals surface area contributed by atoms with E-state index in [1.165, 1.54) is 14.0 Å². The highest BCUT2D eigenvalue weighted by atomic mass is 19.3. The standard InChI is InChI=1S/C6H10F2O4/c1-4(3-11-2)12-6(7,8)5(9)10/h4H,3H2,1-2H3,(H,9,10). The van der Waals surface area contributed by atoms with Gasteiger partial charge in [0, 0.05) is 7.11 Å². The molecule has 0 spiro atoms. The van der Waals surface area contributed by atoms with Crippen LogP contribution in [-0.2, 0) is 14.3 Å². The second-order valence-electron chi connectivity index (χ2n) is 2.21. The van der Waals surface area contributed by atoms with Gasteiger partial charge >= 0.3 is 12.1 Å². The Kier molecular flexibility index (Phi) is 4.05. The van der Waals surface area contributed by atoms with Crippen molar-refractivity contribution in [2.45, 2.75) is 19.1 Å². The van der Waals surface area contributed by atoms with E-state index in [1.54, 1.807) is 0 Å². The average molecular weight is 184 g/mol. The van der Waals surface area contributed by atoms with Crippen LogP contribution in [0.3, 0.4) is 0 Å². The molecule has 1 atom stereocenters. The van der Waals surface area contributed by atoms with Gasteiger partial charge in [0.2, 0.25) is 0 Å². The van der Waals surface area contributed by atoms with Gasteiger partial charge in [0.1, 0.15) is 0 Å². The van der Waals surface area contributed by atoms with E-state index in [9.17, 15) is 13.6 Å². The maximum atomic E-state index is 12.2. The van der Waals surface area contributed by atoms with Crippen molar-refractivity contribution < 1.29 is 28.2 Å². The van der Waals surface area contributed by atoms with Crippen molar-refractivity contribution in [2.75, 3.05) is 13.7 Å². The first-order valence-electron chi connectivity index (χ1n) is 3.18. The number of carbonyl (C=O) groups is 1. The molecule has 0 aliphatic rings. The number of hydrogen-bond donors (Lipinski definition) is 1. The lowest BCUT2D eigenvalue weighted by atomic mass is 10.4. The SMILES string of the molecule is COCC(C)OC(F)(F)C(=O)O. The third kappa shape index (κ3) is 3.59. The van der Waals surface area contributed by atoms with Crippen molar-refractivity contribution in [1.29, 1.82) is 0 Å². The van der Waals surface area contributed by atoms with Crippen molar-refractivity contribution in [3.8, 4) is 0 Å². The number of alkyl halides is 2. The number of carboxylic acids is 1. The van der Waals surface area contributed by atoms with Crippen LogP contribution in [0.15, 0.2) is 0 Å². The zero-order chi connectivity index (χ0) is 9.78. The van der Waals surface area contributed by atoms with Crippen LogP contribution in [0.1, 0.15) is 6.92 Å². The summed E-state index contributed by atoms with van der Waals surface area (Å²) < 4.78 is 32.8. The Morgan fingerprint density at radius 2 is 2.17 bits per heavy atom. The maximum Gasteiger partial charge on any atom is 0.456 e. The molecule has 0 amide bonds. The molecule has 4 nitrogen and oxygen atoms in total. The fourth-order valence-electron chi connectivity index (χ4n) is 0.572. The summed E-state index contributed by atoms with van der Waals surface area (Å²) in [4.78, 5) is 9.84. The minimum Gasteiger partial charge on any atom is -0.475 e. The summed E-state index contributed by atoms with van der Waals surface area (Å²) >= 11 is 0. The summed E-state index contributed by atoms with van der Waals surface area (Å²) in [5, 5.41) is 7.94. The van der Waals surface area contributed by atoms with Crippen molar-refractivity contribution in [3.05, 3.63) is 0 Å². The zero-order valence-corrected chi connectivity index (χ0v) is 6.71. The molecule has 0 aromatic rings. The van der Waals surface area contributed by atoms with Crippen LogP contribution in [0.5, 0.6) is 0 Å². The fraction of sp³-hybridized carbons (Fsp3) is 0.833. The molecule has 0 aromatic carbocycles.